The van der Waals surface area contributed by atoms with E-state index in [2.05, 4.69) is 60.5 Å². The molecule has 3 aromatic heterocycles. The molecule has 1 saturated heterocycles. The van der Waals surface area contributed by atoms with E-state index in [0.717, 1.165) is 54.2 Å². The van der Waals surface area contributed by atoms with Crippen LogP contribution in [0.2, 0.25) is 0 Å². The number of benzene rings is 1. The molecule has 9 nitrogen and oxygen atoms in total. The molecule has 4 heterocycles. The van der Waals surface area contributed by atoms with Crippen LogP contribution in [0.5, 0.6) is 0 Å². The van der Waals surface area contributed by atoms with E-state index in [4.69, 9.17) is 5.21 Å². The number of hydrogen-bond acceptors (Lipinski definition) is 8. The van der Waals surface area contributed by atoms with Crippen LogP contribution in [0, 0.1) is 0 Å². The number of rotatable bonds is 4. The summed E-state index contributed by atoms with van der Waals surface area (Å²) in [7, 11) is 2.16. The van der Waals surface area contributed by atoms with E-state index < -0.39 is 0 Å². The molecule has 1 aliphatic rings. The van der Waals surface area contributed by atoms with Crippen molar-refractivity contribution >= 4 is 27.9 Å². The van der Waals surface area contributed by atoms with Crippen molar-refractivity contribution in [3.63, 3.8) is 0 Å². The number of pyridine rings is 1. The first-order valence-corrected chi connectivity index (χ1v) is 10.3. The van der Waals surface area contributed by atoms with Crippen molar-refractivity contribution < 1.29 is 5.21 Å². The lowest BCUT2D eigenvalue weighted by Crippen LogP contribution is -2.44. The van der Waals surface area contributed by atoms with Gasteiger partial charge in [0.05, 0.1) is 17.4 Å². The van der Waals surface area contributed by atoms with E-state index in [0.29, 0.717) is 23.5 Å². The van der Waals surface area contributed by atoms with Gasteiger partial charge >= 0.3 is 0 Å². The Bertz CT molecular complexity index is 1270. The molecule has 31 heavy (non-hydrogen) atoms. The van der Waals surface area contributed by atoms with E-state index in [1.807, 2.05) is 18.3 Å². The molecule has 1 aromatic carbocycles. The van der Waals surface area contributed by atoms with Crippen molar-refractivity contribution in [2.24, 2.45) is 5.16 Å². The Morgan fingerprint density at radius 3 is 2.71 bits per heavy atom. The summed E-state index contributed by atoms with van der Waals surface area (Å²) >= 11 is 0. The van der Waals surface area contributed by atoms with Crippen molar-refractivity contribution in [3.8, 4) is 0 Å². The monoisotopic (exact) mass is 416 g/mol. The molecule has 9 heteroatoms. The van der Waals surface area contributed by atoms with Gasteiger partial charge in [-0.2, -0.15) is 9.61 Å². The summed E-state index contributed by atoms with van der Waals surface area (Å²) in [5.74, 6) is 0.727. The zero-order chi connectivity index (χ0) is 21.4. The number of aromatic nitrogens is 5. The third-order valence-corrected chi connectivity index (χ3v) is 5.81. The maximum atomic E-state index is 9.04. The van der Waals surface area contributed by atoms with Crippen molar-refractivity contribution in [3.05, 3.63) is 59.7 Å². The topological polar surface area (TPSA) is 95.0 Å². The molecule has 5 rings (SSSR count). The molecule has 4 aromatic rings. The molecule has 1 N–H and O–H groups in total. The SMILES string of the molecule is C/C(=N\O)c1ccc2nnc(Cc3ccc4ncc(N5CCN(C)CC5)cc4c3)n2n1. The minimum Gasteiger partial charge on any atom is -0.411 e. The molecular weight excluding hydrogens is 392 g/mol. The fraction of sp³-hybridized carbons (Fsp3) is 0.318. The van der Waals surface area contributed by atoms with Gasteiger partial charge in [-0.05, 0) is 49.9 Å². The lowest BCUT2D eigenvalue weighted by Gasteiger charge is -2.33. The molecular formula is C22H24N8O. The maximum Gasteiger partial charge on any atom is 0.177 e. The Kier molecular flexibility index (Phi) is 4.95. The molecule has 0 atom stereocenters. The minimum absolute atomic E-state index is 0.440. The van der Waals surface area contributed by atoms with Gasteiger partial charge in [0.1, 0.15) is 11.4 Å². The molecule has 1 aliphatic heterocycles. The predicted octanol–water partition coefficient (Wildman–Crippen LogP) is 2.21. The van der Waals surface area contributed by atoms with Crippen LogP contribution in [0.3, 0.4) is 0 Å². The zero-order valence-corrected chi connectivity index (χ0v) is 17.6. The number of fused-ring (bicyclic) bond motifs is 2. The van der Waals surface area contributed by atoms with Crippen molar-refractivity contribution in [2.45, 2.75) is 13.3 Å². The quantitative estimate of drug-likeness (QED) is 0.310. The zero-order valence-electron chi connectivity index (χ0n) is 17.6. The number of oxime groups is 1. The summed E-state index contributed by atoms with van der Waals surface area (Å²) in [6.45, 7) is 5.85. The number of hydrogen-bond donors (Lipinski definition) is 1. The molecule has 0 saturated carbocycles. The minimum atomic E-state index is 0.440. The van der Waals surface area contributed by atoms with Crippen molar-refractivity contribution in [1.29, 1.82) is 0 Å². The summed E-state index contributed by atoms with van der Waals surface area (Å²) in [6, 6.07) is 12.1. The van der Waals surface area contributed by atoms with E-state index in [9.17, 15) is 0 Å². The van der Waals surface area contributed by atoms with Crippen LogP contribution in [0.25, 0.3) is 16.6 Å². The third kappa shape index (κ3) is 3.79. The second-order valence-corrected chi connectivity index (χ2v) is 7.98. The highest BCUT2D eigenvalue weighted by molar-refractivity contribution is 5.96. The lowest BCUT2D eigenvalue weighted by atomic mass is 10.1. The second kappa shape index (κ2) is 7.92. The number of piperazine rings is 1. The number of likely N-dealkylation sites (N-methyl/N-ethyl adjacent to an activating group) is 1. The van der Waals surface area contributed by atoms with Crippen molar-refractivity contribution in [1.82, 2.24) is 29.7 Å². The first-order chi connectivity index (χ1) is 15.1. The largest absolute Gasteiger partial charge is 0.411 e. The van der Waals surface area contributed by atoms with Crippen LogP contribution in [-0.2, 0) is 6.42 Å². The van der Waals surface area contributed by atoms with Gasteiger partial charge in [-0.1, -0.05) is 11.2 Å². The smallest absolute Gasteiger partial charge is 0.177 e. The van der Waals surface area contributed by atoms with Crippen LogP contribution in [0.4, 0.5) is 5.69 Å². The molecule has 0 spiro atoms. The van der Waals surface area contributed by atoms with Gasteiger partial charge in [0.15, 0.2) is 11.5 Å². The first kappa shape index (κ1) is 19.4. The van der Waals surface area contributed by atoms with E-state index in [1.54, 1.807) is 17.5 Å². The van der Waals surface area contributed by atoms with Crippen LogP contribution in [-0.4, -0.2) is 73.8 Å². The molecule has 158 valence electrons. The van der Waals surface area contributed by atoms with Gasteiger partial charge in [0.2, 0.25) is 0 Å². The highest BCUT2D eigenvalue weighted by Crippen LogP contribution is 2.23. The van der Waals surface area contributed by atoms with Gasteiger partial charge in [0, 0.05) is 38.0 Å². The number of nitrogens with zero attached hydrogens (tertiary/aromatic N) is 8. The maximum absolute atomic E-state index is 9.04. The average molecular weight is 416 g/mol. The molecule has 0 aliphatic carbocycles. The standard InChI is InChI=1S/C22H24N8O/c1-15(27-31)19-5-6-21-24-25-22(30(21)26-19)12-16-3-4-20-17(11-16)13-18(14-23-20)29-9-7-28(2)8-10-29/h3-6,11,13-14,31H,7-10,12H2,1-2H3/b27-15+. The van der Waals surface area contributed by atoms with Gasteiger partial charge in [-0.3, -0.25) is 4.98 Å². The second-order valence-electron chi connectivity index (χ2n) is 7.98. The average Bonchev–Trinajstić information content (AvgIpc) is 3.20. The van der Waals surface area contributed by atoms with Gasteiger partial charge in [-0.15, -0.1) is 10.2 Å². The van der Waals surface area contributed by atoms with Gasteiger partial charge in [0.25, 0.3) is 0 Å². The van der Waals surface area contributed by atoms with Crippen LogP contribution < -0.4 is 4.90 Å². The third-order valence-electron chi connectivity index (χ3n) is 5.81. The van der Waals surface area contributed by atoms with E-state index in [-0.39, 0.29) is 0 Å². The van der Waals surface area contributed by atoms with E-state index in [1.165, 1.54) is 0 Å². The molecule has 0 bridgehead atoms. The van der Waals surface area contributed by atoms with Crippen LogP contribution in [0.15, 0.2) is 47.8 Å². The van der Waals surface area contributed by atoms with Crippen LogP contribution >= 0.6 is 0 Å². The highest BCUT2D eigenvalue weighted by Gasteiger charge is 2.15. The summed E-state index contributed by atoms with van der Waals surface area (Å²) in [4.78, 5) is 9.40. The Morgan fingerprint density at radius 1 is 1.06 bits per heavy atom. The summed E-state index contributed by atoms with van der Waals surface area (Å²) < 4.78 is 1.70. The Hall–Kier alpha value is -3.59. The lowest BCUT2D eigenvalue weighted by molar-refractivity contribution is 0.313. The highest BCUT2D eigenvalue weighted by atomic mass is 16.4. The summed E-state index contributed by atoms with van der Waals surface area (Å²) in [6.07, 6.45) is 2.55. The normalized spacial score (nSPS) is 15.8. The van der Waals surface area contributed by atoms with Gasteiger partial charge in [-0.25, -0.2) is 0 Å². The van der Waals surface area contributed by atoms with Crippen molar-refractivity contribution in [2.75, 3.05) is 38.1 Å². The Morgan fingerprint density at radius 2 is 1.90 bits per heavy atom. The Labute approximate surface area is 179 Å². The molecule has 0 radical (unpaired) electrons. The predicted molar refractivity (Wildman–Crippen MR) is 119 cm³/mol. The molecule has 1 fully saturated rings. The van der Waals surface area contributed by atoms with E-state index >= 15 is 0 Å². The molecule has 0 amide bonds. The van der Waals surface area contributed by atoms with Gasteiger partial charge < -0.3 is 15.0 Å². The summed E-state index contributed by atoms with van der Waals surface area (Å²) in [5, 5.41) is 26.4. The number of anilines is 1. The summed E-state index contributed by atoms with van der Waals surface area (Å²) in [5.41, 5.74) is 4.92. The fourth-order valence-electron chi connectivity index (χ4n) is 3.89. The Balaban J connectivity index is 1.45. The van der Waals surface area contributed by atoms with Crippen LogP contribution in [0.1, 0.15) is 24.0 Å². The fourth-order valence-corrected chi connectivity index (χ4v) is 3.89. The molecule has 0 unspecified atom stereocenters. The first-order valence-electron chi connectivity index (χ1n) is 10.3.